The fraction of sp³-hybridized carbons (Fsp3) is 0.300. The zero-order valence-corrected chi connectivity index (χ0v) is 11.1. The summed E-state index contributed by atoms with van der Waals surface area (Å²) in [6.07, 6.45) is 0.565. The Labute approximate surface area is 109 Å². The van der Waals surface area contributed by atoms with E-state index in [0.717, 1.165) is 5.56 Å². The van der Waals surface area contributed by atoms with Gasteiger partial charge in [0.25, 0.3) is 0 Å². The first-order chi connectivity index (χ1) is 6.93. The summed E-state index contributed by atoms with van der Waals surface area (Å²) in [5.41, 5.74) is 6.29. The lowest BCUT2D eigenvalue weighted by Gasteiger charge is -2.15. The van der Waals surface area contributed by atoms with Gasteiger partial charge >= 0.3 is 0 Å². The van der Waals surface area contributed by atoms with Crippen LogP contribution in [0.4, 0.5) is 0 Å². The van der Waals surface area contributed by atoms with Crippen molar-refractivity contribution >= 4 is 52.0 Å². The molecule has 1 aromatic rings. The normalized spacial score (nSPS) is 12.5. The van der Waals surface area contributed by atoms with E-state index in [1.165, 1.54) is 0 Å². The number of benzene rings is 1. The lowest BCUT2D eigenvalue weighted by Crippen LogP contribution is -2.12. The molecule has 15 heavy (non-hydrogen) atoms. The predicted octanol–water partition coefficient (Wildman–Crippen LogP) is 4.43. The van der Waals surface area contributed by atoms with E-state index in [-0.39, 0.29) is 5.92 Å². The highest BCUT2D eigenvalue weighted by Gasteiger charge is 2.16. The first-order valence-corrected chi connectivity index (χ1v) is 5.89. The van der Waals surface area contributed by atoms with Crippen molar-refractivity contribution in [1.29, 1.82) is 0 Å². The maximum absolute atomic E-state index is 6.08. The molecule has 0 fully saturated rings. The molecule has 1 atom stereocenters. The maximum Gasteiger partial charge on any atom is 0.0733 e. The van der Waals surface area contributed by atoms with Crippen molar-refractivity contribution in [3.63, 3.8) is 0 Å². The summed E-state index contributed by atoms with van der Waals surface area (Å²) < 4.78 is 0. The Morgan fingerprint density at radius 3 is 2.40 bits per heavy atom. The lowest BCUT2D eigenvalue weighted by atomic mass is 9.97. The van der Waals surface area contributed by atoms with Crippen LogP contribution in [0.25, 0.3) is 0 Å². The van der Waals surface area contributed by atoms with Gasteiger partial charge in [0.1, 0.15) is 0 Å². The molecule has 1 nitrogen and oxygen atoms in total. The van der Waals surface area contributed by atoms with Crippen LogP contribution in [0.15, 0.2) is 12.1 Å². The van der Waals surface area contributed by atoms with Crippen molar-refractivity contribution in [2.75, 3.05) is 0 Å². The van der Waals surface area contributed by atoms with E-state index in [9.17, 15) is 0 Å². The van der Waals surface area contributed by atoms with Gasteiger partial charge < -0.3 is 5.73 Å². The van der Waals surface area contributed by atoms with E-state index < -0.39 is 0 Å². The number of nitrogens with two attached hydrogens (primary N) is 1. The Bertz CT molecular complexity index is 392. The third kappa shape index (κ3) is 3.22. The van der Waals surface area contributed by atoms with Crippen LogP contribution < -0.4 is 5.73 Å². The summed E-state index contributed by atoms with van der Waals surface area (Å²) >= 11 is 22.9. The Hall–Kier alpha value is -0.0200. The zero-order valence-electron chi connectivity index (χ0n) is 8.06. The molecule has 0 aliphatic rings. The minimum Gasteiger partial charge on any atom is -0.393 e. The van der Waals surface area contributed by atoms with E-state index in [0.29, 0.717) is 26.5 Å². The number of hydrogen-bond donors (Lipinski definition) is 1. The molecule has 0 bridgehead atoms. The number of thiocarbonyl (C=S) groups is 1. The SMILES string of the molecule is CC(CC(N)=S)c1c(Cl)ccc(Cl)c1Cl. The molecule has 1 unspecified atom stereocenters. The Morgan fingerprint density at radius 2 is 1.87 bits per heavy atom. The predicted molar refractivity (Wildman–Crippen MR) is 71.3 cm³/mol. The van der Waals surface area contributed by atoms with Gasteiger partial charge in [0, 0.05) is 11.4 Å². The molecule has 1 aromatic carbocycles. The summed E-state index contributed by atoms with van der Waals surface area (Å²) in [5.74, 6) is 0.0706. The second kappa shape index (κ2) is 5.35. The Morgan fingerprint density at radius 1 is 1.33 bits per heavy atom. The minimum atomic E-state index is 0.0706. The monoisotopic (exact) mass is 281 g/mol. The molecule has 0 saturated carbocycles. The maximum atomic E-state index is 6.08. The first-order valence-electron chi connectivity index (χ1n) is 4.35. The average Bonchev–Trinajstić information content (AvgIpc) is 2.11. The molecule has 1 rings (SSSR count). The summed E-state index contributed by atoms with van der Waals surface area (Å²) in [4.78, 5) is 0.439. The van der Waals surface area contributed by atoms with Crippen molar-refractivity contribution in [1.82, 2.24) is 0 Å². The second-order valence-electron chi connectivity index (χ2n) is 3.33. The number of halogens is 3. The highest BCUT2D eigenvalue weighted by Crippen LogP contribution is 2.37. The van der Waals surface area contributed by atoms with Gasteiger partial charge in [0.15, 0.2) is 0 Å². The van der Waals surface area contributed by atoms with Gasteiger partial charge in [-0.1, -0.05) is 53.9 Å². The van der Waals surface area contributed by atoms with Crippen LogP contribution >= 0.6 is 47.0 Å². The fourth-order valence-electron chi connectivity index (χ4n) is 1.40. The van der Waals surface area contributed by atoms with Gasteiger partial charge in [0.2, 0.25) is 0 Å². The smallest absolute Gasteiger partial charge is 0.0733 e. The van der Waals surface area contributed by atoms with Crippen molar-refractivity contribution in [2.45, 2.75) is 19.3 Å². The third-order valence-electron chi connectivity index (χ3n) is 2.08. The molecule has 0 aliphatic carbocycles. The molecular formula is C10H10Cl3NS. The van der Waals surface area contributed by atoms with E-state index in [2.05, 4.69) is 0 Å². The van der Waals surface area contributed by atoms with Crippen molar-refractivity contribution < 1.29 is 0 Å². The second-order valence-corrected chi connectivity index (χ2v) is 5.05. The molecule has 82 valence electrons. The average molecular weight is 283 g/mol. The fourth-order valence-corrected chi connectivity index (χ4v) is 2.56. The summed E-state index contributed by atoms with van der Waals surface area (Å²) in [6, 6.07) is 3.39. The molecular weight excluding hydrogens is 273 g/mol. The van der Waals surface area contributed by atoms with Crippen molar-refractivity contribution in [3.8, 4) is 0 Å². The largest absolute Gasteiger partial charge is 0.393 e. The van der Waals surface area contributed by atoms with Crippen LogP contribution in [0.1, 0.15) is 24.8 Å². The quantitative estimate of drug-likeness (QED) is 0.656. The minimum absolute atomic E-state index is 0.0706. The molecule has 0 aromatic heterocycles. The summed E-state index contributed by atoms with van der Waals surface area (Å²) in [7, 11) is 0. The Balaban J connectivity index is 3.12. The van der Waals surface area contributed by atoms with Crippen LogP contribution in [0.5, 0.6) is 0 Å². The molecule has 0 radical (unpaired) electrons. The van der Waals surface area contributed by atoms with Gasteiger partial charge in [-0.15, -0.1) is 0 Å². The third-order valence-corrected chi connectivity index (χ3v) is 3.39. The first kappa shape index (κ1) is 13.0. The molecule has 0 heterocycles. The molecule has 0 amide bonds. The van der Waals surface area contributed by atoms with Gasteiger partial charge in [-0.3, -0.25) is 0 Å². The van der Waals surface area contributed by atoms with E-state index in [1.807, 2.05) is 6.92 Å². The molecule has 0 saturated heterocycles. The molecule has 2 N–H and O–H groups in total. The summed E-state index contributed by atoms with van der Waals surface area (Å²) in [6.45, 7) is 1.96. The number of hydrogen-bond acceptors (Lipinski definition) is 1. The van der Waals surface area contributed by atoms with Gasteiger partial charge in [-0.2, -0.15) is 0 Å². The topological polar surface area (TPSA) is 26.0 Å². The van der Waals surface area contributed by atoms with Crippen LogP contribution in [0.2, 0.25) is 15.1 Å². The van der Waals surface area contributed by atoms with Gasteiger partial charge in [-0.05, 0) is 23.6 Å². The standard InChI is InChI=1S/C10H10Cl3NS/c1-5(4-8(14)15)9-6(11)2-3-7(12)10(9)13/h2-3,5H,4H2,1H3,(H2,14,15). The van der Waals surface area contributed by atoms with E-state index in [4.69, 9.17) is 52.8 Å². The van der Waals surface area contributed by atoms with E-state index >= 15 is 0 Å². The highest BCUT2D eigenvalue weighted by atomic mass is 35.5. The van der Waals surface area contributed by atoms with Crippen molar-refractivity contribution in [2.24, 2.45) is 5.73 Å². The molecule has 5 heteroatoms. The van der Waals surface area contributed by atoms with Crippen LogP contribution in [-0.4, -0.2) is 4.99 Å². The van der Waals surface area contributed by atoms with Crippen LogP contribution in [0.3, 0.4) is 0 Å². The molecule has 0 spiro atoms. The highest BCUT2D eigenvalue weighted by molar-refractivity contribution is 7.80. The van der Waals surface area contributed by atoms with Crippen LogP contribution in [0, 0.1) is 0 Å². The lowest BCUT2D eigenvalue weighted by molar-refractivity contribution is 0.807. The molecule has 0 aliphatic heterocycles. The summed E-state index contributed by atoms with van der Waals surface area (Å²) in [5, 5.41) is 1.56. The van der Waals surface area contributed by atoms with Gasteiger partial charge in [-0.25, -0.2) is 0 Å². The van der Waals surface area contributed by atoms with Crippen molar-refractivity contribution in [3.05, 3.63) is 32.8 Å². The Kier molecular flexibility index (Phi) is 4.65. The number of rotatable bonds is 3. The van der Waals surface area contributed by atoms with Crippen LogP contribution in [-0.2, 0) is 0 Å². The zero-order chi connectivity index (χ0) is 11.6. The van der Waals surface area contributed by atoms with Gasteiger partial charge in [0.05, 0.1) is 15.0 Å². The van der Waals surface area contributed by atoms with E-state index in [1.54, 1.807) is 12.1 Å².